The van der Waals surface area contributed by atoms with Crippen molar-refractivity contribution in [2.75, 3.05) is 27.7 Å². The Morgan fingerprint density at radius 1 is 0.731 bits per heavy atom. The summed E-state index contributed by atoms with van der Waals surface area (Å²) in [4.78, 5) is 0. The highest BCUT2D eigenvalue weighted by Gasteiger charge is 2.56. The molecule has 0 fully saturated rings. The lowest BCUT2D eigenvalue weighted by atomic mass is 10.1. The topological polar surface area (TPSA) is 68.3 Å². The van der Waals surface area contributed by atoms with Gasteiger partial charge in [0.2, 0.25) is 0 Å². The maximum atomic E-state index is 11.5. The van der Waals surface area contributed by atoms with Gasteiger partial charge in [0.25, 0.3) is 0 Å². The predicted octanol–water partition coefficient (Wildman–Crippen LogP) is 4.08. The van der Waals surface area contributed by atoms with Gasteiger partial charge in [-0.1, -0.05) is 26.2 Å². The van der Waals surface area contributed by atoms with Crippen molar-refractivity contribution in [3.63, 3.8) is 0 Å². The Bertz CT molecular complexity index is 564. The summed E-state index contributed by atoms with van der Waals surface area (Å²) < 4.78 is 110. The quantitative estimate of drug-likeness (QED) is 0.238. The third kappa shape index (κ3) is 12.2. The molecule has 0 atom stereocenters. The third-order valence-electron chi connectivity index (χ3n) is 2.68. The first-order valence-corrected chi connectivity index (χ1v) is 12.2. The molecule has 0 rings (SSSR count). The summed E-state index contributed by atoms with van der Waals surface area (Å²) >= 11 is 0. The van der Waals surface area contributed by atoms with Crippen LogP contribution in [-0.2, 0) is 17.7 Å². The van der Waals surface area contributed by atoms with E-state index >= 15 is 0 Å². The van der Waals surface area contributed by atoms with Crippen LogP contribution in [0.4, 0.5) is 26.3 Å². The van der Waals surface area contributed by atoms with E-state index in [0.29, 0.717) is 0 Å². The number of hydrogen-bond acceptors (Lipinski definition) is 5. The largest absolute Gasteiger partial charge is 0.508 e. The van der Waals surface area contributed by atoms with Gasteiger partial charge in [0.15, 0.2) is 0 Å². The molecule has 0 heterocycles. The molecule has 14 heteroatoms. The van der Waals surface area contributed by atoms with Crippen molar-refractivity contribution >= 4 is 27.6 Å². The lowest BCUT2D eigenvalue weighted by Crippen LogP contribution is -2.35. The molecule has 26 heavy (non-hydrogen) atoms. The summed E-state index contributed by atoms with van der Waals surface area (Å²) in [5.41, 5.74) is -12.1. The summed E-state index contributed by atoms with van der Waals surface area (Å²) in [6.07, 6.45) is 7.00. The van der Waals surface area contributed by atoms with Crippen LogP contribution in [0.1, 0.15) is 39.0 Å². The summed E-state index contributed by atoms with van der Waals surface area (Å²) in [6.45, 7) is 3.59. The van der Waals surface area contributed by atoms with Crippen molar-refractivity contribution < 1.29 is 47.7 Å². The Hall–Kier alpha value is -0.210. The monoisotopic (exact) mass is 456 g/mol. The van der Waals surface area contributed by atoms with Crippen molar-refractivity contribution in [2.24, 2.45) is 0 Å². The fraction of sp³-hybridized carbons (Fsp3) is 1.00. The first-order chi connectivity index (χ1) is 11.3. The summed E-state index contributed by atoms with van der Waals surface area (Å²) in [6, 6.07) is 0. The SMILES string of the molecule is CCCCCCC[N+](C)(C)C.O=S(=O)(SS(=O)(=O)C(F)(F)F)C(F)(F)F. The van der Waals surface area contributed by atoms with Crippen molar-refractivity contribution in [3.8, 4) is 0 Å². The molecule has 0 spiro atoms. The average molecular weight is 457 g/mol. The molecule has 0 saturated carbocycles. The Morgan fingerprint density at radius 2 is 1.08 bits per heavy atom. The minimum Gasteiger partial charge on any atom is -0.331 e. The molecule has 0 aromatic carbocycles. The summed E-state index contributed by atoms with van der Waals surface area (Å²) in [5.74, 6) is 0. The van der Waals surface area contributed by atoms with Crippen LogP contribution in [0.5, 0.6) is 0 Å². The van der Waals surface area contributed by atoms with Gasteiger partial charge in [0, 0.05) is 0 Å². The van der Waals surface area contributed by atoms with Gasteiger partial charge in [-0.2, -0.15) is 26.3 Å². The molecule has 0 amide bonds. The van der Waals surface area contributed by atoms with E-state index in [1.54, 1.807) is 0 Å². The number of nitrogens with zero attached hydrogens (tertiary/aromatic N) is 1. The van der Waals surface area contributed by atoms with Gasteiger partial charge < -0.3 is 4.48 Å². The van der Waals surface area contributed by atoms with E-state index in [2.05, 4.69) is 28.1 Å². The average Bonchev–Trinajstić information content (AvgIpc) is 2.34. The van der Waals surface area contributed by atoms with Crippen LogP contribution >= 0.6 is 9.83 Å². The van der Waals surface area contributed by atoms with Crippen LogP contribution in [0.15, 0.2) is 0 Å². The van der Waals surface area contributed by atoms with Crippen molar-refractivity contribution in [3.05, 3.63) is 0 Å². The predicted molar refractivity (Wildman–Crippen MR) is 89.2 cm³/mol. The molecule has 0 bridgehead atoms. The minimum atomic E-state index is -6.43. The number of alkyl halides is 6. The van der Waals surface area contributed by atoms with E-state index in [9.17, 15) is 43.2 Å². The van der Waals surface area contributed by atoms with E-state index in [4.69, 9.17) is 0 Å². The van der Waals surface area contributed by atoms with Crippen LogP contribution < -0.4 is 0 Å². The second kappa shape index (κ2) is 10.4. The molecule has 160 valence electrons. The number of halogens is 6. The molecule has 0 aliphatic heterocycles. The Labute approximate surface area is 153 Å². The maximum absolute atomic E-state index is 11.5. The molecule has 0 aliphatic carbocycles. The first-order valence-electron chi connectivity index (χ1n) is 7.41. The maximum Gasteiger partial charge on any atom is 0.508 e. The van der Waals surface area contributed by atoms with Gasteiger partial charge in [-0.05, 0) is 12.8 Å². The summed E-state index contributed by atoms with van der Waals surface area (Å²) in [7, 11) is -8.26. The van der Waals surface area contributed by atoms with Crippen LogP contribution in [0.25, 0.3) is 0 Å². The van der Waals surface area contributed by atoms with Crippen LogP contribution in [0.2, 0.25) is 0 Å². The van der Waals surface area contributed by atoms with Gasteiger partial charge in [-0.15, -0.1) is 0 Å². The molecular weight excluding hydrogens is 432 g/mol. The number of rotatable bonds is 8. The van der Waals surface area contributed by atoms with Crippen LogP contribution in [-0.4, -0.2) is 60.0 Å². The molecule has 0 N–H and O–H groups in total. The lowest BCUT2D eigenvalue weighted by Gasteiger charge is -2.23. The number of unbranched alkanes of at least 4 members (excludes halogenated alkanes) is 4. The summed E-state index contributed by atoms with van der Waals surface area (Å²) in [5, 5.41) is 0. The molecule has 5 nitrogen and oxygen atoms in total. The second-order valence-corrected chi connectivity index (χ2v) is 13.4. The fourth-order valence-corrected chi connectivity index (χ4v) is 6.46. The van der Waals surface area contributed by atoms with Gasteiger partial charge in [-0.25, -0.2) is 16.8 Å². The normalized spacial score (nSPS) is 13.9. The Morgan fingerprint density at radius 3 is 1.35 bits per heavy atom. The van der Waals surface area contributed by atoms with E-state index in [0.717, 1.165) is 4.48 Å². The van der Waals surface area contributed by atoms with E-state index < -0.39 is 38.6 Å². The molecule has 0 saturated heterocycles. The van der Waals surface area contributed by atoms with E-state index in [1.807, 2.05) is 0 Å². The second-order valence-electron chi connectivity index (χ2n) is 6.30. The van der Waals surface area contributed by atoms with E-state index in [1.165, 1.54) is 38.6 Å². The highest BCUT2D eigenvalue weighted by atomic mass is 33.5. The zero-order valence-corrected chi connectivity index (χ0v) is 17.3. The molecule has 0 unspecified atom stereocenters. The van der Waals surface area contributed by atoms with E-state index in [-0.39, 0.29) is 0 Å². The Balaban J connectivity index is 0. The Kier molecular flexibility index (Phi) is 11.2. The zero-order valence-electron chi connectivity index (χ0n) is 14.8. The van der Waals surface area contributed by atoms with Crippen molar-refractivity contribution in [1.29, 1.82) is 0 Å². The molecule has 0 aromatic rings. The van der Waals surface area contributed by atoms with Crippen molar-refractivity contribution in [2.45, 2.75) is 50.0 Å². The third-order valence-corrected chi connectivity index (χ3v) is 9.60. The standard InChI is InChI=1S/C10H24N.C2F6O4S3/c1-5-6-7-8-9-10-11(2,3)4;3-1(4,5)14(9,10)13-15(11,12)2(6,7)8/h5-10H2,1-4H3;/q+1;. The number of quaternary nitrogens is 1. The van der Waals surface area contributed by atoms with Gasteiger partial charge in [-0.3, -0.25) is 0 Å². The van der Waals surface area contributed by atoms with Crippen molar-refractivity contribution in [1.82, 2.24) is 0 Å². The minimum absolute atomic E-state index is 1.12. The van der Waals surface area contributed by atoms with Crippen LogP contribution in [0, 0.1) is 0 Å². The first kappa shape index (κ1) is 28.0. The molecule has 0 aromatic heterocycles. The highest BCUT2D eigenvalue weighted by Crippen LogP contribution is 2.42. The lowest BCUT2D eigenvalue weighted by molar-refractivity contribution is -0.870. The molecule has 0 aliphatic rings. The number of hydrogen-bond donors (Lipinski definition) is 0. The smallest absolute Gasteiger partial charge is 0.331 e. The fourth-order valence-electron chi connectivity index (χ4n) is 1.38. The highest BCUT2D eigenvalue weighted by molar-refractivity contribution is 9.04. The van der Waals surface area contributed by atoms with Gasteiger partial charge in [0.1, 0.15) is 9.83 Å². The molecular formula is C12H24F6NO4S3+. The zero-order chi connectivity index (χ0) is 21.4. The molecule has 0 radical (unpaired) electrons. The van der Waals surface area contributed by atoms with Crippen LogP contribution in [0.3, 0.4) is 0 Å². The van der Waals surface area contributed by atoms with Gasteiger partial charge in [0.05, 0.1) is 27.7 Å². The van der Waals surface area contributed by atoms with Gasteiger partial charge >= 0.3 is 28.8 Å².